The Hall–Kier alpha value is -2.31. The van der Waals surface area contributed by atoms with Gasteiger partial charge >= 0.3 is 0 Å². The van der Waals surface area contributed by atoms with Gasteiger partial charge in [0.05, 0.1) is 13.2 Å². The lowest BCUT2D eigenvalue weighted by atomic mass is 10.1. The molecule has 1 fully saturated rings. The number of nitrogens with zero attached hydrogens (tertiary/aromatic N) is 2. The first kappa shape index (κ1) is 13.1. The Morgan fingerprint density at radius 3 is 3.00 bits per heavy atom. The lowest BCUT2D eigenvalue weighted by molar-refractivity contribution is 0.0939. The van der Waals surface area contributed by atoms with Crippen molar-refractivity contribution in [1.82, 2.24) is 10.3 Å². The number of carbonyl (C=O) groups excluding carboxylic acids is 1. The van der Waals surface area contributed by atoms with Gasteiger partial charge in [-0.05, 0) is 30.9 Å². The average molecular weight is 264 g/mol. The van der Waals surface area contributed by atoms with E-state index in [1.165, 1.54) is 13.3 Å². The predicted molar refractivity (Wildman–Crippen MR) is 68.2 cm³/mol. The number of nitrogens with one attached hydrogen (secondary N) is 1. The molecule has 1 aliphatic carbocycles. The highest BCUT2D eigenvalue weighted by atomic mass is 16.5. The number of pyridine rings is 1. The smallest absolute Gasteiger partial charge is 0.257 e. The molecule has 1 heterocycles. The van der Waals surface area contributed by atoms with E-state index in [9.17, 15) is 4.79 Å². The number of hydrogen-bond acceptors (Lipinski definition) is 5. The zero-order valence-electron chi connectivity index (χ0n) is 10.5. The minimum absolute atomic E-state index is 0.0127. The Labute approximate surface area is 110 Å². The molecule has 1 amide bonds. The topological polar surface area (TPSA) is 110 Å². The molecule has 2 rings (SSSR count). The highest BCUT2D eigenvalue weighted by Crippen LogP contribution is 2.33. The first-order chi connectivity index (χ1) is 9.17. The maximum atomic E-state index is 12.2. The van der Waals surface area contributed by atoms with Crippen molar-refractivity contribution in [2.75, 3.05) is 7.11 Å². The highest BCUT2D eigenvalue weighted by molar-refractivity contribution is 5.99. The number of rotatable bonds is 5. The van der Waals surface area contributed by atoms with E-state index in [0.29, 0.717) is 5.56 Å². The molecular formula is C12H16N4O3. The zero-order valence-corrected chi connectivity index (χ0v) is 10.5. The first-order valence-corrected chi connectivity index (χ1v) is 5.94. The molecule has 0 aromatic carbocycles. The Kier molecular flexibility index (Phi) is 3.84. The van der Waals surface area contributed by atoms with Crippen molar-refractivity contribution < 1.29 is 14.7 Å². The van der Waals surface area contributed by atoms with Crippen molar-refractivity contribution in [1.29, 1.82) is 0 Å². The zero-order chi connectivity index (χ0) is 13.8. The summed E-state index contributed by atoms with van der Waals surface area (Å²) in [5.74, 6) is 0.128. The van der Waals surface area contributed by atoms with E-state index in [-0.39, 0.29) is 23.5 Å². The monoisotopic (exact) mass is 264 g/mol. The van der Waals surface area contributed by atoms with Crippen LogP contribution in [0.4, 0.5) is 0 Å². The Morgan fingerprint density at radius 2 is 2.42 bits per heavy atom. The van der Waals surface area contributed by atoms with Crippen LogP contribution in [0.3, 0.4) is 0 Å². The van der Waals surface area contributed by atoms with Crippen molar-refractivity contribution in [2.45, 2.75) is 18.9 Å². The lowest BCUT2D eigenvalue weighted by Gasteiger charge is -2.17. The number of ether oxygens (including phenoxy) is 1. The number of aromatic nitrogens is 1. The van der Waals surface area contributed by atoms with Crippen molar-refractivity contribution >= 4 is 11.7 Å². The quantitative estimate of drug-likeness (QED) is 0.307. The number of hydrogen-bond donors (Lipinski definition) is 3. The van der Waals surface area contributed by atoms with E-state index < -0.39 is 6.04 Å². The summed E-state index contributed by atoms with van der Waals surface area (Å²) in [6.45, 7) is 0. The van der Waals surface area contributed by atoms with Gasteiger partial charge in [0, 0.05) is 6.20 Å². The van der Waals surface area contributed by atoms with Crippen molar-refractivity contribution in [3.63, 3.8) is 0 Å². The van der Waals surface area contributed by atoms with Gasteiger partial charge in [-0.25, -0.2) is 4.98 Å². The molecule has 1 aliphatic rings. The second-order valence-corrected chi connectivity index (χ2v) is 4.37. The van der Waals surface area contributed by atoms with Crippen LogP contribution in [0.2, 0.25) is 0 Å². The third-order valence-electron chi connectivity index (χ3n) is 3.02. The van der Waals surface area contributed by atoms with Crippen LogP contribution in [0.1, 0.15) is 23.2 Å². The Morgan fingerprint density at radius 1 is 1.68 bits per heavy atom. The van der Waals surface area contributed by atoms with Crippen LogP contribution in [0, 0.1) is 5.92 Å². The molecule has 0 aliphatic heterocycles. The summed E-state index contributed by atoms with van der Waals surface area (Å²) in [7, 11) is 1.45. The van der Waals surface area contributed by atoms with Crippen molar-refractivity contribution in [3.8, 4) is 5.88 Å². The predicted octanol–water partition coefficient (Wildman–Crippen LogP) is 0.345. The molecule has 1 unspecified atom stereocenters. The molecule has 0 saturated heterocycles. The molecule has 1 aromatic rings. The standard InChI is InChI=1S/C12H16N4O3/c1-19-12-8(3-2-6-14-12)11(17)15-9(7-4-5-7)10(13)16-18/h2-3,6-7,9,18H,4-5H2,1H3,(H2,13,16)(H,15,17). The highest BCUT2D eigenvalue weighted by Gasteiger charge is 2.35. The maximum Gasteiger partial charge on any atom is 0.257 e. The van der Waals surface area contributed by atoms with Gasteiger partial charge < -0.3 is 21.0 Å². The number of amides is 1. The first-order valence-electron chi connectivity index (χ1n) is 5.94. The van der Waals surface area contributed by atoms with Crippen molar-refractivity contribution in [2.24, 2.45) is 16.8 Å². The normalized spacial score (nSPS) is 16.8. The Bertz CT molecular complexity index is 500. The van der Waals surface area contributed by atoms with Gasteiger partial charge in [0.25, 0.3) is 5.91 Å². The second-order valence-electron chi connectivity index (χ2n) is 4.37. The molecule has 7 nitrogen and oxygen atoms in total. The molecule has 0 spiro atoms. The number of amidine groups is 1. The van der Waals surface area contributed by atoms with E-state index in [1.807, 2.05) is 0 Å². The summed E-state index contributed by atoms with van der Waals surface area (Å²) >= 11 is 0. The van der Waals surface area contributed by atoms with Gasteiger partial charge in [0.2, 0.25) is 5.88 Å². The fourth-order valence-corrected chi connectivity index (χ4v) is 1.87. The average Bonchev–Trinajstić information content (AvgIpc) is 3.28. The molecule has 4 N–H and O–H groups in total. The number of oxime groups is 1. The SMILES string of the molecule is COc1ncccc1C(=O)NC(C(N)=NO)C1CC1. The van der Waals surface area contributed by atoms with Crippen LogP contribution >= 0.6 is 0 Å². The van der Waals surface area contributed by atoms with Crippen LogP contribution in [0.5, 0.6) is 5.88 Å². The molecule has 102 valence electrons. The van der Waals surface area contributed by atoms with Crippen molar-refractivity contribution in [3.05, 3.63) is 23.9 Å². The van der Waals surface area contributed by atoms with E-state index in [1.54, 1.807) is 12.1 Å². The van der Waals surface area contributed by atoms with Gasteiger partial charge in [0.1, 0.15) is 5.56 Å². The molecule has 19 heavy (non-hydrogen) atoms. The third-order valence-corrected chi connectivity index (χ3v) is 3.02. The van der Waals surface area contributed by atoms with Crippen LogP contribution in [-0.4, -0.2) is 35.1 Å². The molecule has 1 aromatic heterocycles. The number of methoxy groups -OCH3 is 1. The van der Waals surface area contributed by atoms with Crippen LogP contribution in [0.25, 0.3) is 0 Å². The summed E-state index contributed by atoms with van der Waals surface area (Å²) in [6.07, 6.45) is 3.44. The van der Waals surface area contributed by atoms with E-state index in [0.717, 1.165) is 12.8 Å². The molecule has 7 heteroatoms. The lowest BCUT2D eigenvalue weighted by Crippen LogP contribution is -2.46. The fraction of sp³-hybridized carbons (Fsp3) is 0.417. The van der Waals surface area contributed by atoms with Crippen LogP contribution in [0.15, 0.2) is 23.5 Å². The molecule has 0 radical (unpaired) electrons. The maximum absolute atomic E-state index is 12.2. The number of carbonyl (C=O) groups is 1. The summed E-state index contributed by atoms with van der Waals surface area (Å²) < 4.78 is 5.03. The summed E-state index contributed by atoms with van der Waals surface area (Å²) in [6, 6.07) is 2.80. The molecule has 1 saturated carbocycles. The Balaban J connectivity index is 2.15. The summed E-state index contributed by atoms with van der Waals surface area (Å²) in [4.78, 5) is 16.1. The van der Waals surface area contributed by atoms with Gasteiger partial charge in [-0.15, -0.1) is 0 Å². The van der Waals surface area contributed by atoms with E-state index in [4.69, 9.17) is 15.7 Å². The van der Waals surface area contributed by atoms with Gasteiger partial charge in [0.15, 0.2) is 5.84 Å². The molecule has 0 bridgehead atoms. The largest absolute Gasteiger partial charge is 0.480 e. The fourth-order valence-electron chi connectivity index (χ4n) is 1.87. The third kappa shape index (κ3) is 2.93. The van der Waals surface area contributed by atoms with E-state index in [2.05, 4.69) is 15.5 Å². The van der Waals surface area contributed by atoms with E-state index >= 15 is 0 Å². The summed E-state index contributed by atoms with van der Waals surface area (Å²) in [5.41, 5.74) is 5.91. The van der Waals surface area contributed by atoms with Gasteiger partial charge in [-0.1, -0.05) is 5.16 Å². The van der Waals surface area contributed by atoms with Crippen LogP contribution < -0.4 is 15.8 Å². The summed E-state index contributed by atoms with van der Waals surface area (Å²) in [5, 5.41) is 14.5. The second kappa shape index (κ2) is 5.55. The minimum atomic E-state index is -0.456. The molecule has 1 atom stereocenters. The minimum Gasteiger partial charge on any atom is -0.480 e. The van der Waals surface area contributed by atoms with Crippen LogP contribution in [-0.2, 0) is 0 Å². The molecular weight excluding hydrogens is 248 g/mol. The van der Waals surface area contributed by atoms with Gasteiger partial charge in [-0.2, -0.15) is 0 Å². The number of nitrogens with two attached hydrogens (primary N) is 1. The van der Waals surface area contributed by atoms with Gasteiger partial charge in [-0.3, -0.25) is 4.79 Å².